The smallest absolute Gasteiger partial charge is 0.147 e. The molecule has 0 spiro atoms. The monoisotopic (exact) mass is 227 g/mol. The highest BCUT2D eigenvalue weighted by atomic mass is 19.1. The summed E-state index contributed by atoms with van der Waals surface area (Å²) in [4.78, 5) is 3.64. The number of aromatic nitrogens is 1. The lowest BCUT2D eigenvalue weighted by Crippen LogP contribution is -2.23. The molecule has 1 aromatic heterocycles. The first-order chi connectivity index (χ1) is 7.46. The average Bonchev–Trinajstić information content (AvgIpc) is 2.27. The first kappa shape index (κ1) is 13.1. The number of pyridine rings is 1. The molecule has 0 radical (unpaired) electrons. The van der Waals surface area contributed by atoms with Crippen molar-refractivity contribution in [1.82, 2.24) is 4.98 Å². The molecule has 0 aliphatic carbocycles. The second-order valence-corrected chi connectivity index (χ2v) is 4.42. The van der Waals surface area contributed by atoms with Gasteiger partial charge >= 0.3 is 0 Å². The molecule has 0 fully saturated rings. The van der Waals surface area contributed by atoms with E-state index in [4.69, 9.17) is 4.74 Å². The lowest BCUT2D eigenvalue weighted by molar-refractivity contribution is 0.00247. The first-order valence-corrected chi connectivity index (χ1v) is 5.29. The summed E-state index contributed by atoms with van der Waals surface area (Å²) in [5.41, 5.74) is -0.00768. The Kier molecular flexibility index (Phi) is 4.38. The molecule has 0 saturated heterocycles. The molecular formula is C12H18FNO2. The number of methoxy groups -OCH3 is 1. The molecule has 0 aromatic carbocycles. The van der Waals surface area contributed by atoms with Crippen molar-refractivity contribution in [3.05, 3.63) is 29.8 Å². The Balaban J connectivity index is 2.60. The number of hydrogen-bond acceptors (Lipinski definition) is 3. The Hall–Kier alpha value is -1.00. The maximum Gasteiger partial charge on any atom is 0.147 e. The maximum absolute atomic E-state index is 13.3. The van der Waals surface area contributed by atoms with Crippen LogP contribution in [0.4, 0.5) is 4.39 Å². The highest BCUT2D eigenvalue weighted by Gasteiger charge is 2.20. The average molecular weight is 227 g/mol. The molecule has 1 rings (SSSR count). The molecule has 1 heterocycles. The summed E-state index contributed by atoms with van der Waals surface area (Å²) < 4.78 is 18.5. The summed E-state index contributed by atoms with van der Waals surface area (Å²) >= 11 is 0. The van der Waals surface area contributed by atoms with Gasteiger partial charge in [0.1, 0.15) is 5.82 Å². The molecule has 1 N–H and O–H groups in total. The van der Waals surface area contributed by atoms with E-state index in [2.05, 4.69) is 4.98 Å². The zero-order valence-corrected chi connectivity index (χ0v) is 9.90. The van der Waals surface area contributed by atoms with Crippen molar-refractivity contribution in [3.63, 3.8) is 0 Å². The molecule has 16 heavy (non-hydrogen) atoms. The third kappa shape index (κ3) is 3.54. The van der Waals surface area contributed by atoms with E-state index >= 15 is 0 Å². The van der Waals surface area contributed by atoms with Crippen molar-refractivity contribution < 1.29 is 14.2 Å². The zero-order valence-electron chi connectivity index (χ0n) is 9.90. The number of nitrogens with zero attached hydrogens (tertiary/aromatic N) is 1. The third-order valence-electron chi connectivity index (χ3n) is 2.74. The van der Waals surface area contributed by atoms with Crippen molar-refractivity contribution >= 4 is 0 Å². The lowest BCUT2D eigenvalue weighted by atomic mass is 9.97. The fourth-order valence-corrected chi connectivity index (χ4v) is 1.40. The van der Waals surface area contributed by atoms with E-state index in [-0.39, 0.29) is 5.60 Å². The van der Waals surface area contributed by atoms with E-state index in [1.165, 1.54) is 12.3 Å². The minimum Gasteiger partial charge on any atom is -0.388 e. The molecule has 1 unspecified atom stereocenters. The second kappa shape index (κ2) is 5.37. The SMILES string of the molecule is COC(C)(C)CCC(O)c1ccncc1F. The third-order valence-corrected chi connectivity index (χ3v) is 2.74. The van der Waals surface area contributed by atoms with Crippen molar-refractivity contribution in [2.45, 2.75) is 38.4 Å². The Morgan fingerprint density at radius 1 is 1.56 bits per heavy atom. The van der Waals surface area contributed by atoms with Gasteiger partial charge in [0.15, 0.2) is 0 Å². The number of rotatable bonds is 5. The minimum absolute atomic E-state index is 0.293. The van der Waals surface area contributed by atoms with Crippen LogP contribution >= 0.6 is 0 Å². The molecule has 0 amide bonds. The van der Waals surface area contributed by atoms with E-state index in [1.807, 2.05) is 13.8 Å². The van der Waals surface area contributed by atoms with Gasteiger partial charge in [0, 0.05) is 18.9 Å². The van der Waals surface area contributed by atoms with Crippen molar-refractivity contribution in [3.8, 4) is 0 Å². The molecular weight excluding hydrogens is 209 g/mol. The number of halogens is 1. The molecule has 1 aromatic rings. The summed E-state index contributed by atoms with van der Waals surface area (Å²) in [6.45, 7) is 3.87. The maximum atomic E-state index is 13.3. The van der Waals surface area contributed by atoms with E-state index in [1.54, 1.807) is 7.11 Å². The van der Waals surface area contributed by atoms with Crippen LogP contribution in [0, 0.1) is 5.82 Å². The topological polar surface area (TPSA) is 42.4 Å². The standard InChI is InChI=1S/C12H18FNO2/c1-12(2,16-3)6-4-11(15)9-5-7-14-8-10(9)13/h5,7-8,11,15H,4,6H2,1-3H3. The summed E-state index contributed by atoms with van der Waals surface area (Å²) in [5, 5.41) is 9.84. The fourth-order valence-electron chi connectivity index (χ4n) is 1.40. The summed E-state index contributed by atoms with van der Waals surface area (Å²) in [5.74, 6) is -0.467. The van der Waals surface area contributed by atoms with Gasteiger partial charge in [0.2, 0.25) is 0 Å². The van der Waals surface area contributed by atoms with Gasteiger partial charge in [-0.3, -0.25) is 4.98 Å². The molecule has 3 nitrogen and oxygen atoms in total. The van der Waals surface area contributed by atoms with Gasteiger partial charge in [-0.05, 0) is 32.8 Å². The molecule has 4 heteroatoms. The second-order valence-electron chi connectivity index (χ2n) is 4.42. The molecule has 0 saturated carbocycles. The van der Waals surface area contributed by atoms with Crippen LogP contribution in [-0.2, 0) is 4.74 Å². The van der Waals surface area contributed by atoms with Gasteiger partial charge in [-0.1, -0.05) is 0 Å². The van der Waals surface area contributed by atoms with Crippen LogP contribution in [0.2, 0.25) is 0 Å². The molecule has 0 aliphatic heterocycles. The summed E-state index contributed by atoms with van der Waals surface area (Å²) in [7, 11) is 1.62. The summed E-state index contributed by atoms with van der Waals surface area (Å²) in [6.07, 6.45) is 2.90. The van der Waals surface area contributed by atoms with Crippen LogP contribution in [0.15, 0.2) is 18.5 Å². The van der Waals surface area contributed by atoms with E-state index in [9.17, 15) is 9.50 Å². The number of aliphatic hydroxyl groups is 1. The number of aliphatic hydroxyl groups excluding tert-OH is 1. The number of hydrogen-bond donors (Lipinski definition) is 1. The van der Waals surface area contributed by atoms with Gasteiger partial charge in [-0.2, -0.15) is 0 Å². The highest BCUT2D eigenvalue weighted by molar-refractivity contribution is 5.15. The highest BCUT2D eigenvalue weighted by Crippen LogP contribution is 2.25. The molecule has 1 atom stereocenters. The van der Waals surface area contributed by atoms with Gasteiger partial charge in [0.25, 0.3) is 0 Å². The quantitative estimate of drug-likeness (QED) is 0.840. The van der Waals surface area contributed by atoms with Crippen LogP contribution in [0.25, 0.3) is 0 Å². The Morgan fingerprint density at radius 2 is 2.25 bits per heavy atom. The van der Waals surface area contributed by atoms with Crippen molar-refractivity contribution in [1.29, 1.82) is 0 Å². The predicted molar refractivity (Wildman–Crippen MR) is 59.5 cm³/mol. The van der Waals surface area contributed by atoms with Crippen molar-refractivity contribution in [2.24, 2.45) is 0 Å². The minimum atomic E-state index is -0.808. The normalized spacial score (nSPS) is 13.8. The molecule has 0 aliphatic rings. The fraction of sp³-hybridized carbons (Fsp3) is 0.583. The van der Waals surface area contributed by atoms with Gasteiger partial charge < -0.3 is 9.84 Å². The van der Waals surface area contributed by atoms with Crippen molar-refractivity contribution in [2.75, 3.05) is 7.11 Å². The van der Waals surface area contributed by atoms with Crippen LogP contribution in [0.1, 0.15) is 38.4 Å². The Morgan fingerprint density at radius 3 is 2.81 bits per heavy atom. The lowest BCUT2D eigenvalue weighted by Gasteiger charge is -2.24. The van der Waals surface area contributed by atoms with E-state index in [0.29, 0.717) is 18.4 Å². The number of ether oxygens (including phenoxy) is 1. The van der Waals surface area contributed by atoms with Gasteiger partial charge in [-0.25, -0.2) is 4.39 Å². The van der Waals surface area contributed by atoms with Gasteiger partial charge in [-0.15, -0.1) is 0 Å². The molecule has 90 valence electrons. The zero-order chi connectivity index (χ0) is 12.2. The Labute approximate surface area is 95.3 Å². The Bertz CT molecular complexity index is 342. The van der Waals surface area contributed by atoms with Crippen LogP contribution in [0.5, 0.6) is 0 Å². The van der Waals surface area contributed by atoms with E-state index in [0.717, 1.165) is 6.20 Å². The summed E-state index contributed by atoms with van der Waals surface area (Å²) in [6, 6.07) is 1.50. The largest absolute Gasteiger partial charge is 0.388 e. The van der Waals surface area contributed by atoms with Crippen LogP contribution in [-0.4, -0.2) is 22.8 Å². The predicted octanol–water partition coefficient (Wildman–Crippen LogP) is 2.46. The van der Waals surface area contributed by atoms with Crippen LogP contribution < -0.4 is 0 Å². The molecule has 0 bridgehead atoms. The first-order valence-electron chi connectivity index (χ1n) is 5.29. The van der Waals surface area contributed by atoms with Crippen LogP contribution in [0.3, 0.4) is 0 Å². The van der Waals surface area contributed by atoms with Gasteiger partial charge in [0.05, 0.1) is 17.9 Å². The van der Waals surface area contributed by atoms with E-state index < -0.39 is 11.9 Å².